The zero-order valence-corrected chi connectivity index (χ0v) is 10.2. The Morgan fingerprint density at radius 1 is 1.35 bits per heavy atom. The summed E-state index contributed by atoms with van der Waals surface area (Å²) in [5.74, 6) is -1.42. The van der Waals surface area contributed by atoms with Crippen molar-refractivity contribution >= 4 is 5.97 Å². The van der Waals surface area contributed by atoms with Gasteiger partial charge in [-0.05, 0) is 12.1 Å². The molecule has 20 heavy (non-hydrogen) atoms. The van der Waals surface area contributed by atoms with Crippen LogP contribution < -0.4 is 5.69 Å². The maximum absolute atomic E-state index is 12.7. The number of aromatic nitrogens is 2. The second-order valence-corrected chi connectivity index (χ2v) is 4.10. The molecule has 5 nitrogen and oxygen atoms in total. The zero-order valence-electron chi connectivity index (χ0n) is 10.2. The summed E-state index contributed by atoms with van der Waals surface area (Å²) >= 11 is 0. The first-order valence-corrected chi connectivity index (χ1v) is 5.41. The summed E-state index contributed by atoms with van der Waals surface area (Å²) in [6.07, 6.45) is -4.55. The highest BCUT2D eigenvalue weighted by atomic mass is 19.4. The van der Waals surface area contributed by atoms with Gasteiger partial charge in [-0.15, -0.1) is 0 Å². The fourth-order valence-corrected chi connectivity index (χ4v) is 1.85. The molecule has 0 aliphatic carbocycles. The highest BCUT2D eigenvalue weighted by molar-refractivity contribution is 5.93. The lowest BCUT2D eigenvalue weighted by atomic mass is 10.1. The maximum atomic E-state index is 12.7. The number of benzene rings is 1. The van der Waals surface area contributed by atoms with Gasteiger partial charge in [0.1, 0.15) is 0 Å². The van der Waals surface area contributed by atoms with Crippen LogP contribution in [0.5, 0.6) is 0 Å². The van der Waals surface area contributed by atoms with Crippen LogP contribution >= 0.6 is 0 Å². The van der Waals surface area contributed by atoms with Crippen LogP contribution in [0.4, 0.5) is 13.2 Å². The molecule has 0 atom stereocenters. The SMILES string of the molecule is Cn1c(-c2cccc(C(F)(F)F)c2)c(C(=O)O)[nH]c1=O. The third-order valence-corrected chi connectivity index (χ3v) is 2.79. The number of rotatable bonds is 2. The van der Waals surface area contributed by atoms with Crippen LogP contribution in [0, 0.1) is 0 Å². The molecule has 0 saturated carbocycles. The lowest BCUT2D eigenvalue weighted by Crippen LogP contribution is -2.13. The van der Waals surface area contributed by atoms with Gasteiger partial charge in [0.2, 0.25) is 0 Å². The Morgan fingerprint density at radius 2 is 2.00 bits per heavy atom. The second-order valence-electron chi connectivity index (χ2n) is 4.10. The van der Waals surface area contributed by atoms with E-state index >= 15 is 0 Å². The van der Waals surface area contributed by atoms with Gasteiger partial charge in [-0.2, -0.15) is 13.2 Å². The van der Waals surface area contributed by atoms with Crippen LogP contribution in [-0.2, 0) is 13.2 Å². The molecule has 0 aliphatic heterocycles. The molecule has 2 N–H and O–H groups in total. The molecule has 0 fully saturated rings. The quantitative estimate of drug-likeness (QED) is 0.887. The minimum atomic E-state index is -4.55. The van der Waals surface area contributed by atoms with E-state index in [2.05, 4.69) is 4.98 Å². The van der Waals surface area contributed by atoms with Crippen LogP contribution in [0.3, 0.4) is 0 Å². The number of aromatic carboxylic acids is 1. The van der Waals surface area contributed by atoms with Crippen molar-refractivity contribution in [3.8, 4) is 11.3 Å². The number of nitrogens with one attached hydrogen (secondary N) is 1. The summed E-state index contributed by atoms with van der Waals surface area (Å²) < 4.78 is 38.9. The second kappa shape index (κ2) is 4.55. The van der Waals surface area contributed by atoms with Crippen molar-refractivity contribution in [1.82, 2.24) is 9.55 Å². The lowest BCUT2D eigenvalue weighted by Gasteiger charge is -2.09. The van der Waals surface area contributed by atoms with Crippen molar-refractivity contribution < 1.29 is 23.1 Å². The van der Waals surface area contributed by atoms with Gasteiger partial charge in [0, 0.05) is 12.6 Å². The topological polar surface area (TPSA) is 75.1 Å². The summed E-state index contributed by atoms with van der Waals surface area (Å²) in [6, 6.07) is 4.13. The van der Waals surface area contributed by atoms with Gasteiger partial charge in [0.25, 0.3) is 0 Å². The molecule has 106 valence electrons. The number of nitrogens with zero attached hydrogens (tertiary/aromatic N) is 1. The van der Waals surface area contributed by atoms with E-state index in [0.29, 0.717) is 0 Å². The maximum Gasteiger partial charge on any atom is 0.416 e. The average Bonchev–Trinajstić information content (AvgIpc) is 2.65. The molecule has 0 spiro atoms. The summed E-state index contributed by atoms with van der Waals surface area (Å²) in [4.78, 5) is 24.6. The Bertz CT molecular complexity index is 728. The van der Waals surface area contributed by atoms with Crippen molar-refractivity contribution in [1.29, 1.82) is 0 Å². The van der Waals surface area contributed by atoms with Crippen LogP contribution in [0.15, 0.2) is 29.1 Å². The van der Waals surface area contributed by atoms with Crippen molar-refractivity contribution in [3.05, 3.63) is 46.0 Å². The molecule has 1 aromatic heterocycles. The molecule has 0 bridgehead atoms. The predicted molar refractivity (Wildman–Crippen MR) is 63.4 cm³/mol. The van der Waals surface area contributed by atoms with E-state index in [1.807, 2.05) is 0 Å². The van der Waals surface area contributed by atoms with Gasteiger partial charge >= 0.3 is 17.8 Å². The number of aromatic amines is 1. The number of carboxylic acid groups (broad SMARTS) is 1. The minimum Gasteiger partial charge on any atom is -0.477 e. The Hall–Kier alpha value is -2.51. The third-order valence-electron chi connectivity index (χ3n) is 2.79. The normalized spacial score (nSPS) is 11.6. The molecule has 0 aliphatic rings. The number of hydrogen-bond donors (Lipinski definition) is 2. The van der Waals surface area contributed by atoms with Crippen molar-refractivity contribution in [3.63, 3.8) is 0 Å². The van der Waals surface area contributed by atoms with E-state index in [1.54, 1.807) is 0 Å². The first-order valence-electron chi connectivity index (χ1n) is 5.41. The van der Waals surface area contributed by atoms with Crippen molar-refractivity contribution in [2.45, 2.75) is 6.18 Å². The largest absolute Gasteiger partial charge is 0.477 e. The van der Waals surface area contributed by atoms with E-state index in [-0.39, 0.29) is 11.3 Å². The Kier molecular flexibility index (Phi) is 3.16. The number of carbonyl (C=O) groups is 1. The highest BCUT2D eigenvalue weighted by Gasteiger charge is 2.31. The Labute approximate surface area is 110 Å². The van der Waals surface area contributed by atoms with Crippen molar-refractivity contribution in [2.24, 2.45) is 7.05 Å². The van der Waals surface area contributed by atoms with Crippen LogP contribution in [0.2, 0.25) is 0 Å². The summed E-state index contributed by atoms with van der Waals surface area (Å²) in [5.41, 5.74) is -2.18. The third kappa shape index (κ3) is 2.31. The summed E-state index contributed by atoms with van der Waals surface area (Å²) in [6.45, 7) is 0. The Morgan fingerprint density at radius 3 is 2.55 bits per heavy atom. The highest BCUT2D eigenvalue weighted by Crippen LogP contribution is 2.32. The van der Waals surface area contributed by atoms with Gasteiger partial charge in [-0.3, -0.25) is 9.55 Å². The zero-order chi connectivity index (χ0) is 15.1. The molecule has 2 rings (SSSR count). The summed E-state index contributed by atoms with van der Waals surface area (Å²) in [5, 5.41) is 8.99. The fraction of sp³-hybridized carbons (Fsp3) is 0.167. The monoisotopic (exact) mass is 286 g/mol. The molecule has 1 heterocycles. The number of carboxylic acids is 1. The number of H-pyrrole nitrogens is 1. The van der Waals surface area contributed by atoms with E-state index in [9.17, 15) is 22.8 Å². The first-order chi connectivity index (χ1) is 9.21. The van der Waals surface area contributed by atoms with E-state index in [1.165, 1.54) is 13.1 Å². The predicted octanol–water partition coefficient (Wildman–Crippen LogP) is 2.10. The van der Waals surface area contributed by atoms with Gasteiger partial charge in [0.15, 0.2) is 5.69 Å². The molecule has 0 amide bonds. The van der Waals surface area contributed by atoms with Gasteiger partial charge in [-0.1, -0.05) is 12.1 Å². The van der Waals surface area contributed by atoms with Crippen LogP contribution in [0.25, 0.3) is 11.3 Å². The van der Waals surface area contributed by atoms with E-state index in [0.717, 1.165) is 22.8 Å². The molecule has 0 saturated heterocycles. The Balaban J connectivity index is 2.69. The van der Waals surface area contributed by atoms with E-state index in [4.69, 9.17) is 5.11 Å². The fourth-order valence-electron chi connectivity index (χ4n) is 1.85. The number of hydrogen-bond acceptors (Lipinski definition) is 2. The van der Waals surface area contributed by atoms with Gasteiger partial charge in [0.05, 0.1) is 11.3 Å². The standard InChI is InChI=1S/C12H9F3N2O3/c1-17-9(8(10(18)19)16-11(17)20)6-3-2-4-7(5-6)12(13,14)15/h2-5H,1H3,(H,16,20)(H,18,19). The molecule has 1 aromatic carbocycles. The van der Waals surface area contributed by atoms with E-state index < -0.39 is 29.1 Å². The molecular weight excluding hydrogens is 277 g/mol. The number of halogens is 3. The number of alkyl halides is 3. The molecule has 8 heteroatoms. The van der Waals surface area contributed by atoms with Crippen LogP contribution in [0.1, 0.15) is 16.1 Å². The molecule has 0 unspecified atom stereocenters. The van der Waals surface area contributed by atoms with Crippen molar-refractivity contribution in [2.75, 3.05) is 0 Å². The molecule has 0 radical (unpaired) electrons. The summed E-state index contributed by atoms with van der Waals surface area (Å²) in [7, 11) is 1.28. The molecule has 2 aromatic rings. The minimum absolute atomic E-state index is 0.00178. The smallest absolute Gasteiger partial charge is 0.416 e. The lowest BCUT2D eigenvalue weighted by molar-refractivity contribution is -0.137. The first kappa shape index (κ1) is 13.9. The van der Waals surface area contributed by atoms with Gasteiger partial charge in [-0.25, -0.2) is 9.59 Å². The van der Waals surface area contributed by atoms with Gasteiger partial charge < -0.3 is 5.11 Å². The number of imidazole rings is 1. The average molecular weight is 286 g/mol. The van der Waals surface area contributed by atoms with Crippen LogP contribution in [-0.4, -0.2) is 20.6 Å². The molecular formula is C12H9F3N2O3.